The number of alkyl halides is 1. The number of hydrogen-bond acceptors (Lipinski definition) is 2. The van der Waals surface area contributed by atoms with E-state index in [0.717, 1.165) is 5.92 Å². The summed E-state index contributed by atoms with van der Waals surface area (Å²) in [5, 5.41) is 18.0. The van der Waals surface area contributed by atoms with Crippen molar-refractivity contribution in [1.82, 2.24) is 0 Å². The minimum Gasteiger partial charge on any atom is -0.481 e. The Morgan fingerprint density at radius 1 is 1.33 bits per heavy atom. The normalized spacial score (nSPS) is 40.8. The van der Waals surface area contributed by atoms with Crippen molar-refractivity contribution in [2.24, 2.45) is 11.3 Å². The molecular formula is C15H23ClO4Si. The summed E-state index contributed by atoms with van der Waals surface area (Å²) < 4.78 is 0. The molecule has 2 rings (SSSR count). The van der Waals surface area contributed by atoms with Crippen LogP contribution < -0.4 is 0 Å². The number of hydrogen-bond donors (Lipinski definition) is 2. The van der Waals surface area contributed by atoms with Gasteiger partial charge in [-0.25, -0.2) is 4.79 Å². The third kappa shape index (κ3) is 3.40. The van der Waals surface area contributed by atoms with Crippen LogP contribution in [-0.4, -0.2) is 37.3 Å². The molecule has 0 spiro atoms. The van der Waals surface area contributed by atoms with Gasteiger partial charge in [-0.15, -0.1) is 11.6 Å². The molecule has 0 aliphatic heterocycles. The lowest BCUT2D eigenvalue weighted by atomic mass is 9.80. The van der Waals surface area contributed by atoms with E-state index in [-0.39, 0.29) is 16.9 Å². The van der Waals surface area contributed by atoms with E-state index in [1.165, 1.54) is 35.4 Å². The summed E-state index contributed by atoms with van der Waals surface area (Å²) in [6, 6.07) is 0. The van der Waals surface area contributed by atoms with E-state index in [9.17, 15) is 9.59 Å². The molecule has 118 valence electrons. The average molecular weight is 331 g/mol. The summed E-state index contributed by atoms with van der Waals surface area (Å²) in [4.78, 5) is 21.5. The summed E-state index contributed by atoms with van der Waals surface area (Å²) in [6.45, 7) is 8.16. The Bertz CT molecular complexity index is 508. The maximum atomic E-state index is 10.8. The Kier molecular flexibility index (Phi) is 4.80. The van der Waals surface area contributed by atoms with E-state index >= 15 is 0 Å². The Hall–Kier alpha value is -1.07. The number of allylic oxidation sites excluding steroid dienone is 2. The Balaban J connectivity index is 0.000000235. The van der Waals surface area contributed by atoms with Gasteiger partial charge in [0.15, 0.2) is 0 Å². The molecule has 2 N–H and O–H groups in total. The molecule has 1 saturated carbocycles. The molecule has 2 aliphatic rings. The first-order chi connectivity index (χ1) is 9.36. The van der Waals surface area contributed by atoms with Crippen molar-refractivity contribution in [2.45, 2.75) is 44.0 Å². The Labute approximate surface area is 133 Å². The SMILES string of the molecule is CC1(C(=O)O)C=CC=C(C(=O)O)C1.CC1C(C)([SiH3])C1(C)Cl. The van der Waals surface area contributed by atoms with Crippen LogP contribution in [0.15, 0.2) is 23.8 Å². The number of carboxylic acids is 2. The van der Waals surface area contributed by atoms with E-state index in [4.69, 9.17) is 21.8 Å². The van der Waals surface area contributed by atoms with Crippen LogP contribution in [0.25, 0.3) is 0 Å². The van der Waals surface area contributed by atoms with Crippen LogP contribution in [0.2, 0.25) is 5.04 Å². The highest BCUT2D eigenvalue weighted by molar-refractivity contribution is 6.36. The van der Waals surface area contributed by atoms with Gasteiger partial charge in [-0.2, -0.15) is 0 Å². The fourth-order valence-electron chi connectivity index (χ4n) is 2.40. The third-order valence-electron chi connectivity index (χ3n) is 5.15. The number of carboxylic acid groups (broad SMARTS) is 2. The maximum absolute atomic E-state index is 10.8. The minimum atomic E-state index is -1.08. The zero-order valence-corrected chi connectivity index (χ0v) is 15.9. The molecule has 1 fully saturated rings. The first-order valence-corrected chi connectivity index (χ1v) is 8.28. The zero-order valence-electron chi connectivity index (χ0n) is 13.1. The summed E-state index contributed by atoms with van der Waals surface area (Å²) in [5.41, 5.74) is -0.949. The monoisotopic (exact) mass is 330 g/mol. The summed E-state index contributed by atoms with van der Waals surface area (Å²) in [7, 11) is 1.23. The van der Waals surface area contributed by atoms with Crippen molar-refractivity contribution in [2.75, 3.05) is 0 Å². The zero-order chi connectivity index (χ0) is 16.6. The second-order valence-corrected chi connectivity index (χ2v) is 9.64. The first kappa shape index (κ1) is 18.0. The maximum Gasteiger partial charge on any atom is 0.331 e. The van der Waals surface area contributed by atoms with Crippen molar-refractivity contribution < 1.29 is 19.8 Å². The van der Waals surface area contributed by atoms with Gasteiger partial charge in [0.2, 0.25) is 0 Å². The molecule has 4 unspecified atom stereocenters. The third-order valence-corrected chi connectivity index (χ3v) is 8.19. The predicted molar refractivity (Wildman–Crippen MR) is 86.9 cm³/mol. The van der Waals surface area contributed by atoms with Gasteiger partial charge < -0.3 is 10.2 Å². The van der Waals surface area contributed by atoms with Gasteiger partial charge in [0.25, 0.3) is 0 Å². The van der Waals surface area contributed by atoms with Gasteiger partial charge in [0.05, 0.1) is 5.41 Å². The Morgan fingerprint density at radius 3 is 2.05 bits per heavy atom. The van der Waals surface area contributed by atoms with Crippen LogP contribution in [0.4, 0.5) is 0 Å². The van der Waals surface area contributed by atoms with Gasteiger partial charge in [-0.1, -0.05) is 32.1 Å². The van der Waals surface area contributed by atoms with E-state index < -0.39 is 17.4 Å². The number of aliphatic carboxylic acids is 2. The van der Waals surface area contributed by atoms with Crippen molar-refractivity contribution in [1.29, 1.82) is 0 Å². The van der Waals surface area contributed by atoms with E-state index in [1.807, 2.05) is 0 Å². The lowest BCUT2D eigenvalue weighted by Gasteiger charge is -2.23. The van der Waals surface area contributed by atoms with Gasteiger partial charge >= 0.3 is 11.9 Å². The van der Waals surface area contributed by atoms with Crippen LogP contribution in [0.3, 0.4) is 0 Å². The van der Waals surface area contributed by atoms with Crippen LogP contribution >= 0.6 is 11.6 Å². The van der Waals surface area contributed by atoms with Crippen LogP contribution in [0.5, 0.6) is 0 Å². The predicted octanol–water partition coefficient (Wildman–Crippen LogP) is 2.23. The summed E-state index contributed by atoms with van der Waals surface area (Å²) in [5.74, 6) is -1.32. The lowest BCUT2D eigenvalue weighted by Crippen LogP contribution is -2.28. The molecule has 2 aliphatic carbocycles. The molecule has 4 nitrogen and oxygen atoms in total. The molecule has 0 aromatic carbocycles. The van der Waals surface area contributed by atoms with Crippen molar-refractivity contribution in [3.63, 3.8) is 0 Å². The highest BCUT2D eigenvalue weighted by atomic mass is 35.5. The molecule has 0 saturated heterocycles. The number of halogens is 1. The minimum absolute atomic E-state index is 0.0359. The molecule has 0 heterocycles. The molecule has 0 bridgehead atoms. The van der Waals surface area contributed by atoms with E-state index in [2.05, 4.69) is 20.8 Å². The topological polar surface area (TPSA) is 74.6 Å². The molecule has 0 amide bonds. The smallest absolute Gasteiger partial charge is 0.331 e. The van der Waals surface area contributed by atoms with E-state index in [0.29, 0.717) is 5.04 Å². The molecule has 6 heteroatoms. The number of carbonyl (C=O) groups is 2. The molecule has 0 aromatic rings. The van der Waals surface area contributed by atoms with Gasteiger partial charge in [-0.3, -0.25) is 4.79 Å². The molecule has 0 radical (unpaired) electrons. The molecular weight excluding hydrogens is 308 g/mol. The molecule has 21 heavy (non-hydrogen) atoms. The van der Waals surface area contributed by atoms with E-state index in [1.54, 1.807) is 0 Å². The highest BCUT2D eigenvalue weighted by Crippen LogP contribution is 2.69. The molecule has 0 aromatic heterocycles. The van der Waals surface area contributed by atoms with Crippen LogP contribution in [0.1, 0.15) is 34.1 Å². The van der Waals surface area contributed by atoms with Gasteiger partial charge in [0, 0.05) is 20.7 Å². The van der Waals surface area contributed by atoms with Crippen LogP contribution in [-0.2, 0) is 9.59 Å². The summed E-state index contributed by atoms with van der Waals surface area (Å²) in [6.07, 6.45) is 4.43. The van der Waals surface area contributed by atoms with Crippen molar-refractivity contribution in [3.05, 3.63) is 23.8 Å². The standard InChI is InChI=1S/C9H10O4.C6H13ClSi/c1-9(8(12)13)4-2-3-6(5-9)7(10)11;1-4-5(2,7)6(4,3)8/h2-4H,5H2,1H3,(H,10,11)(H,12,13);4H,1-3,8H3. The first-order valence-electron chi connectivity index (χ1n) is 6.90. The van der Waals surface area contributed by atoms with Crippen molar-refractivity contribution >= 4 is 33.8 Å². The van der Waals surface area contributed by atoms with Crippen LogP contribution in [0, 0.1) is 11.3 Å². The van der Waals surface area contributed by atoms with Gasteiger partial charge in [0.1, 0.15) is 0 Å². The molecule has 4 atom stereocenters. The highest BCUT2D eigenvalue weighted by Gasteiger charge is 2.64. The quantitative estimate of drug-likeness (QED) is 0.601. The van der Waals surface area contributed by atoms with Gasteiger partial charge in [-0.05, 0) is 31.2 Å². The lowest BCUT2D eigenvalue weighted by molar-refractivity contribution is -0.145. The Morgan fingerprint density at radius 2 is 1.76 bits per heavy atom. The summed E-state index contributed by atoms with van der Waals surface area (Å²) >= 11 is 6.12. The fourth-order valence-corrected chi connectivity index (χ4v) is 3.83. The number of rotatable bonds is 2. The van der Waals surface area contributed by atoms with Crippen molar-refractivity contribution in [3.8, 4) is 0 Å². The fraction of sp³-hybridized carbons (Fsp3) is 0.600. The second-order valence-electron chi connectivity index (χ2n) is 6.77. The average Bonchev–Trinajstić information content (AvgIpc) is 2.72. The second kappa shape index (κ2) is 5.61. The largest absolute Gasteiger partial charge is 0.481 e.